The molecule has 2 saturated heterocycles. The summed E-state index contributed by atoms with van der Waals surface area (Å²) in [5, 5.41) is 10.3. The van der Waals surface area contributed by atoms with Crippen molar-refractivity contribution >= 4 is 5.97 Å². The number of aliphatic hydroxyl groups excluding tert-OH is 1. The van der Waals surface area contributed by atoms with Gasteiger partial charge < -0.3 is 14.6 Å². The van der Waals surface area contributed by atoms with Crippen LogP contribution in [0.15, 0.2) is 12.7 Å². The molecule has 0 radical (unpaired) electrons. The van der Waals surface area contributed by atoms with Gasteiger partial charge in [-0.3, -0.25) is 4.79 Å². The molecule has 3 unspecified atom stereocenters. The van der Waals surface area contributed by atoms with Crippen molar-refractivity contribution in [3.63, 3.8) is 0 Å². The molecule has 0 spiro atoms. The van der Waals surface area contributed by atoms with E-state index in [1.54, 1.807) is 6.08 Å². The first kappa shape index (κ1) is 14.5. The lowest BCUT2D eigenvalue weighted by atomic mass is 9.66. The van der Waals surface area contributed by atoms with Gasteiger partial charge in [-0.15, -0.1) is 0 Å². The van der Waals surface area contributed by atoms with Crippen molar-refractivity contribution in [2.75, 3.05) is 6.61 Å². The monoisotopic (exact) mass is 268 g/mol. The molecule has 2 rings (SSSR count). The van der Waals surface area contributed by atoms with Crippen LogP contribution in [0.1, 0.15) is 46.5 Å². The first-order chi connectivity index (χ1) is 8.83. The SMILES string of the molecule is C=CCOC(=O)C(C)(C)C12CCC(CC)(O1)C(O)C2. The highest BCUT2D eigenvalue weighted by atomic mass is 16.6. The minimum absolute atomic E-state index is 0.208. The van der Waals surface area contributed by atoms with Gasteiger partial charge in [0, 0.05) is 6.42 Å². The van der Waals surface area contributed by atoms with Crippen LogP contribution in [0.4, 0.5) is 0 Å². The molecule has 0 amide bonds. The molecule has 0 aromatic heterocycles. The zero-order chi connectivity index (χ0) is 14.3. The Bertz CT molecular complexity index is 390. The van der Waals surface area contributed by atoms with Crippen LogP contribution in [0.25, 0.3) is 0 Å². The van der Waals surface area contributed by atoms with E-state index in [2.05, 4.69) is 6.58 Å². The third-order valence-corrected chi connectivity index (χ3v) is 5.06. The van der Waals surface area contributed by atoms with Crippen LogP contribution in [-0.2, 0) is 14.3 Å². The second-order valence-corrected chi connectivity index (χ2v) is 6.25. The number of fused-ring (bicyclic) bond motifs is 2. The summed E-state index contributed by atoms with van der Waals surface area (Å²) >= 11 is 0. The van der Waals surface area contributed by atoms with Crippen molar-refractivity contribution < 1.29 is 19.4 Å². The molecule has 4 heteroatoms. The number of hydrogen-bond donors (Lipinski definition) is 1. The van der Waals surface area contributed by atoms with E-state index in [-0.39, 0.29) is 12.6 Å². The average molecular weight is 268 g/mol. The topological polar surface area (TPSA) is 55.8 Å². The highest BCUT2D eigenvalue weighted by Gasteiger charge is 2.67. The van der Waals surface area contributed by atoms with E-state index in [0.29, 0.717) is 6.42 Å². The molecule has 3 atom stereocenters. The smallest absolute Gasteiger partial charge is 0.314 e. The third kappa shape index (κ3) is 1.93. The van der Waals surface area contributed by atoms with Gasteiger partial charge in [-0.1, -0.05) is 19.6 Å². The summed E-state index contributed by atoms with van der Waals surface area (Å²) in [6.45, 7) is 9.47. The van der Waals surface area contributed by atoms with Gasteiger partial charge in [-0.25, -0.2) is 0 Å². The summed E-state index contributed by atoms with van der Waals surface area (Å²) in [6.07, 6.45) is 3.96. The molecule has 0 aromatic rings. The second-order valence-electron chi connectivity index (χ2n) is 6.25. The van der Waals surface area contributed by atoms with Crippen LogP contribution in [0.2, 0.25) is 0 Å². The van der Waals surface area contributed by atoms with E-state index in [4.69, 9.17) is 9.47 Å². The lowest BCUT2D eigenvalue weighted by Crippen LogP contribution is -2.49. The molecule has 0 saturated carbocycles. The number of rotatable bonds is 5. The van der Waals surface area contributed by atoms with Gasteiger partial charge in [0.25, 0.3) is 0 Å². The number of aliphatic hydroxyl groups is 1. The molecule has 1 N–H and O–H groups in total. The van der Waals surface area contributed by atoms with E-state index in [1.807, 2.05) is 20.8 Å². The van der Waals surface area contributed by atoms with E-state index >= 15 is 0 Å². The zero-order valence-corrected chi connectivity index (χ0v) is 12.1. The minimum atomic E-state index is -0.760. The summed E-state index contributed by atoms with van der Waals surface area (Å²) < 4.78 is 11.4. The Morgan fingerprint density at radius 2 is 2.26 bits per heavy atom. The van der Waals surface area contributed by atoms with Gasteiger partial charge >= 0.3 is 5.97 Å². The number of carbonyl (C=O) groups is 1. The predicted octanol–water partition coefficient (Wildman–Crippen LogP) is 2.20. The fourth-order valence-electron chi connectivity index (χ4n) is 3.46. The Kier molecular flexibility index (Phi) is 3.52. The van der Waals surface area contributed by atoms with E-state index in [0.717, 1.165) is 19.3 Å². The van der Waals surface area contributed by atoms with Crippen molar-refractivity contribution in [1.82, 2.24) is 0 Å². The summed E-state index contributed by atoms with van der Waals surface area (Å²) in [6, 6.07) is 0. The highest BCUT2D eigenvalue weighted by Crippen LogP contribution is 2.59. The van der Waals surface area contributed by atoms with E-state index < -0.39 is 22.7 Å². The van der Waals surface area contributed by atoms with Gasteiger partial charge in [0.05, 0.1) is 22.7 Å². The van der Waals surface area contributed by atoms with Crippen molar-refractivity contribution in [3.05, 3.63) is 12.7 Å². The first-order valence-electron chi connectivity index (χ1n) is 7.00. The standard InChI is InChI=1S/C15H24O4/c1-5-9-18-12(17)13(3,4)15-8-7-14(6-2,19-15)11(16)10-15/h5,11,16H,1,6-10H2,2-4H3. The minimum Gasteiger partial charge on any atom is -0.461 e. The quantitative estimate of drug-likeness (QED) is 0.613. The summed E-state index contributed by atoms with van der Waals surface area (Å²) in [4.78, 5) is 12.3. The van der Waals surface area contributed by atoms with Crippen LogP contribution in [-0.4, -0.2) is 35.0 Å². The van der Waals surface area contributed by atoms with Gasteiger partial charge in [0.1, 0.15) is 6.61 Å². The number of hydrogen-bond acceptors (Lipinski definition) is 4. The van der Waals surface area contributed by atoms with Crippen molar-refractivity contribution in [1.29, 1.82) is 0 Å². The molecular formula is C15H24O4. The van der Waals surface area contributed by atoms with E-state index in [1.165, 1.54) is 0 Å². The third-order valence-electron chi connectivity index (χ3n) is 5.06. The Morgan fingerprint density at radius 3 is 2.74 bits per heavy atom. The highest BCUT2D eigenvalue weighted by molar-refractivity contribution is 5.78. The zero-order valence-electron chi connectivity index (χ0n) is 12.1. The molecule has 0 aliphatic carbocycles. The fourth-order valence-corrected chi connectivity index (χ4v) is 3.46. The Hall–Kier alpha value is -0.870. The molecule has 19 heavy (non-hydrogen) atoms. The Balaban J connectivity index is 2.22. The van der Waals surface area contributed by atoms with Crippen LogP contribution in [0, 0.1) is 5.41 Å². The maximum Gasteiger partial charge on any atom is 0.314 e. The molecule has 2 fully saturated rings. The van der Waals surface area contributed by atoms with Gasteiger partial charge in [-0.2, -0.15) is 0 Å². The summed E-state index contributed by atoms with van der Waals surface area (Å²) in [7, 11) is 0. The van der Waals surface area contributed by atoms with Crippen molar-refractivity contribution in [2.45, 2.75) is 63.8 Å². The lowest BCUT2D eigenvalue weighted by Gasteiger charge is -2.39. The maximum atomic E-state index is 12.3. The van der Waals surface area contributed by atoms with Gasteiger partial charge in [0.15, 0.2) is 0 Å². The predicted molar refractivity (Wildman–Crippen MR) is 71.6 cm³/mol. The number of carbonyl (C=O) groups excluding carboxylic acids is 1. The Morgan fingerprint density at radius 1 is 1.58 bits per heavy atom. The van der Waals surface area contributed by atoms with Crippen LogP contribution >= 0.6 is 0 Å². The van der Waals surface area contributed by atoms with Crippen LogP contribution in [0.5, 0.6) is 0 Å². The first-order valence-corrected chi connectivity index (χ1v) is 7.00. The molecule has 2 aliphatic rings. The molecule has 0 aromatic carbocycles. The molecular weight excluding hydrogens is 244 g/mol. The molecule has 2 bridgehead atoms. The molecule has 4 nitrogen and oxygen atoms in total. The average Bonchev–Trinajstić information content (AvgIpc) is 2.90. The van der Waals surface area contributed by atoms with Crippen LogP contribution < -0.4 is 0 Å². The fraction of sp³-hybridized carbons (Fsp3) is 0.800. The van der Waals surface area contributed by atoms with Gasteiger partial charge in [0.2, 0.25) is 0 Å². The van der Waals surface area contributed by atoms with Crippen LogP contribution in [0.3, 0.4) is 0 Å². The lowest BCUT2D eigenvalue weighted by molar-refractivity contribution is -0.175. The number of esters is 1. The molecule has 2 aliphatic heterocycles. The maximum absolute atomic E-state index is 12.3. The molecule has 2 heterocycles. The van der Waals surface area contributed by atoms with Crippen molar-refractivity contribution in [3.8, 4) is 0 Å². The Labute approximate surface area is 114 Å². The normalized spacial score (nSPS) is 37.4. The molecule has 108 valence electrons. The second kappa shape index (κ2) is 4.60. The number of ether oxygens (including phenoxy) is 2. The van der Waals surface area contributed by atoms with Crippen molar-refractivity contribution in [2.24, 2.45) is 5.41 Å². The van der Waals surface area contributed by atoms with Gasteiger partial charge in [-0.05, 0) is 33.1 Å². The summed E-state index contributed by atoms with van der Waals surface area (Å²) in [5.74, 6) is -0.284. The largest absolute Gasteiger partial charge is 0.461 e. The van der Waals surface area contributed by atoms with E-state index in [9.17, 15) is 9.90 Å². The summed E-state index contributed by atoms with van der Waals surface area (Å²) in [5.41, 5.74) is -1.82.